The fourth-order valence-corrected chi connectivity index (χ4v) is 2.41. The lowest BCUT2D eigenvalue weighted by molar-refractivity contribution is -0.268. The largest absolute Gasteiger partial charge is 0.466 e. The van der Waals surface area contributed by atoms with Crippen LogP contribution in [-0.4, -0.2) is 31.1 Å². The normalized spacial score (nSPS) is 35.4. The number of carbonyl (C=O) groups excluding carboxylic acids is 1. The fraction of sp³-hybridized carbons (Fsp3) is 0.923. The van der Waals surface area contributed by atoms with Crippen molar-refractivity contribution < 1.29 is 19.0 Å². The Kier molecular flexibility index (Phi) is 5.40. The van der Waals surface area contributed by atoms with Gasteiger partial charge in [0.1, 0.15) is 0 Å². The first-order chi connectivity index (χ1) is 8.01. The molecule has 1 fully saturated rings. The molecule has 4 nitrogen and oxygen atoms in total. The summed E-state index contributed by atoms with van der Waals surface area (Å²) in [7, 11) is 0. The molecule has 0 radical (unpaired) electrons. The molecule has 0 bridgehead atoms. The molecule has 0 amide bonds. The summed E-state index contributed by atoms with van der Waals surface area (Å²) in [5.41, 5.74) is 0. The third kappa shape index (κ3) is 3.42. The van der Waals surface area contributed by atoms with Gasteiger partial charge >= 0.3 is 5.97 Å². The number of hydrogen-bond acceptors (Lipinski definition) is 4. The predicted octanol–water partition coefficient (Wildman–Crippen LogP) is 2.36. The number of esters is 1. The highest BCUT2D eigenvalue weighted by atomic mass is 16.7. The van der Waals surface area contributed by atoms with Crippen LogP contribution >= 0.6 is 0 Å². The second-order valence-electron chi connectivity index (χ2n) is 4.65. The lowest BCUT2D eigenvalue weighted by Crippen LogP contribution is -2.48. The minimum absolute atomic E-state index is 0.122. The highest BCUT2D eigenvalue weighted by Crippen LogP contribution is 2.31. The van der Waals surface area contributed by atoms with Gasteiger partial charge in [0.25, 0.3) is 0 Å². The molecule has 5 atom stereocenters. The Balaban J connectivity index is 2.70. The van der Waals surface area contributed by atoms with E-state index in [1.165, 1.54) is 0 Å². The van der Waals surface area contributed by atoms with Crippen molar-refractivity contribution in [2.75, 3.05) is 6.61 Å². The standard InChI is InChI=1S/C13H24O4/c1-6-11-8(3)12(17-10(5)16-11)9(4)13(14)15-7-2/h8-12H,6-7H2,1-5H3. The maximum absolute atomic E-state index is 11.7. The van der Waals surface area contributed by atoms with Crippen molar-refractivity contribution in [3.05, 3.63) is 0 Å². The van der Waals surface area contributed by atoms with Crippen LogP contribution in [0.3, 0.4) is 0 Å². The molecule has 1 heterocycles. The first kappa shape index (κ1) is 14.5. The van der Waals surface area contributed by atoms with Crippen LogP contribution in [-0.2, 0) is 19.0 Å². The molecule has 0 saturated carbocycles. The average Bonchev–Trinajstić information content (AvgIpc) is 2.31. The molecule has 0 aromatic carbocycles. The molecule has 4 heteroatoms. The zero-order valence-electron chi connectivity index (χ0n) is 11.4. The Morgan fingerprint density at radius 3 is 2.47 bits per heavy atom. The number of rotatable bonds is 4. The van der Waals surface area contributed by atoms with E-state index in [9.17, 15) is 4.79 Å². The summed E-state index contributed by atoms with van der Waals surface area (Å²) in [6.45, 7) is 10.1. The molecule has 0 aromatic heterocycles. The van der Waals surface area contributed by atoms with Crippen molar-refractivity contribution >= 4 is 5.97 Å². The first-order valence-electron chi connectivity index (χ1n) is 6.48. The molecular formula is C13H24O4. The molecule has 5 unspecified atom stereocenters. The van der Waals surface area contributed by atoms with E-state index in [0.717, 1.165) is 6.42 Å². The predicted molar refractivity (Wildman–Crippen MR) is 64.5 cm³/mol. The first-order valence-corrected chi connectivity index (χ1v) is 6.48. The summed E-state index contributed by atoms with van der Waals surface area (Å²) < 4.78 is 16.5. The Hall–Kier alpha value is -0.610. The summed E-state index contributed by atoms with van der Waals surface area (Å²) in [5, 5.41) is 0. The quantitative estimate of drug-likeness (QED) is 0.712. The summed E-state index contributed by atoms with van der Waals surface area (Å²) in [6, 6.07) is 0. The molecular weight excluding hydrogens is 220 g/mol. The fourth-order valence-electron chi connectivity index (χ4n) is 2.41. The summed E-state index contributed by atoms with van der Waals surface area (Å²) in [5.74, 6) is -0.228. The smallest absolute Gasteiger partial charge is 0.311 e. The van der Waals surface area contributed by atoms with Crippen molar-refractivity contribution in [2.24, 2.45) is 11.8 Å². The van der Waals surface area contributed by atoms with Crippen molar-refractivity contribution in [3.63, 3.8) is 0 Å². The zero-order valence-corrected chi connectivity index (χ0v) is 11.4. The van der Waals surface area contributed by atoms with Crippen LogP contribution in [0.5, 0.6) is 0 Å². The van der Waals surface area contributed by atoms with Crippen LogP contribution in [0.4, 0.5) is 0 Å². The molecule has 17 heavy (non-hydrogen) atoms. The highest BCUT2D eigenvalue weighted by molar-refractivity contribution is 5.72. The Labute approximate surface area is 104 Å². The minimum atomic E-state index is -0.252. The van der Waals surface area contributed by atoms with Crippen LogP contribution in [0.2, 0.25) is 0 Å². The maximum Gasteiger partial charge on any atom is 0.311 e. The third-order valence-electron chi connectivity index (χ3n) is 3.37. The molecule has 1 saturated heterocycles. The van der Waals surface area contributed by atoms with Gasteiger partial charge in [0.2, 0.25) is 0 Å². The molecule has 0 aliphatic carbocycles. The minimum Gasteiger partial charge on any atom is -0.466 e. The van der Waals surface area contributed by atoms with Gasteiger partial charge in [-0.15, -0.1) is 0 Å². The molecule has 0 spiro atoms. The van der Waals surface area contributed by atoms with E-state index >= 15 is 0 Å². The van der Waals surface area contributed by atoms with E-state index in [-0.39, 0.29) is 36.3 Å². The molecule has 0 N–H and O–H groups in total. The van der Waals surface area contributed by atoms with Crippen LogP contribution in [0.15, 0.2) is 0 Å². The van der Waals surface area contributed by atoms with Crippen LogP contribution in [0.25, 0.3) is 0 Å². The van der Waals surface area contributed by atoms with E-state index in [1.54, 1.807) is 0 Å². The lowest BCUT2D eigenvalue weighted by Gasteiger charge is -2.41. The van der Waals surface area contributed by atoms with Gasteiger partial charge in [-0.05, 0) is 27.2 Å². The second-order valence-corrected chi connectivity index (χ2v) is 4.65. The van der Waals surface area contributed by atoms with Crippen LogP contribution < -0.4 is 0 Å². The number of hydrogen-bond donors (Lipinski definition) is 0. The van der Waals surface area contributed by atoms with E-state index in [0.29, 0.717) is 6.61 Å². The van der Waals surface area contributed by atoms with Gasteiger partial charge in [-0.3, -0.25) is 4.79 Å². The van der Waals surface area contributed by atoms with E-state index in [1.807, 2.05) is 20.8 Å². The van der Waals surface area contributed by atoms with Crippen LogP contribution in [0.1, 0.15) is 41.0 Å². The van der Waals surface area contributed by atoms with Crippen molar-refractivity contribution in [3.8, 4) is 0 Å². The van der Waals surface area contributed by atoms with Crippen molar-refractivity contribution in [1.29, 1.82) is 0 Å². The zero-order chi connectivity index (χ0) is 13.0. The van der Waals surface area contributed by atoms with Gasteiger partial charge in [0.05, 0.1) is 24.7 Å². The Bertz CT molecular complexity index is 254. The van der Waals surface area contributed by atoms with Gasteiger partial charge in [-0.25, -0.2) is 0 Å². The van der Waals surface area contributed by atoms with Gasteiger partial charge in [-0.1, -0.05) is 13.8 Å². The van der Waals surface area contributed by atoms with Gasteiger partial charge in [0, 0.05) is 5.92 Å². The molecule has 1 aliphatic rings. The average molecular weight is 244 g/mol. The number of carbonyl (C=O) groups is 1. The molecule has 100 valence electrons. The topological polar surface area (TPSA) is 44.8 Å². The summed E-state index contributed by atoms with van der Waals surface area (Å²) in [6.07, 6.45) is 0.711. The SMILES string of the molecule is CCOC(=O)C(C)C1OC(C)OC(CC)C1C. The molecule has 1 aliphatic heterocycles. The second kappa shape index (κ2) is 6.36. The van der Waals surface area contributed by atoms with E-state index in [4.69, 9.17) is 14.2 Å². The number of ether oxygens (including phenoxy) is 3. The van der Waals surface area contributed by atoms with Crippen LogP contribution in [0, 0.1) is 11.8 Å². The molecule has 0 aromatic rings. The Morgan fingerprint density at radius 2 is 1.94 bits per heavy atom. The maximum atomic E-state index is 11.7. The Morgan fingerprint density at radius 1 is 1.29 bits per heavy atom. The van der Waals surface area contributed by atoms with Gasteiger partial charge in [0.15, 0.2) is 6.29 Å². The summed E-state index contributed by atoms with van der Waals surface area (Å²) >= 11 is 0. The molecule has 1 rings (SSSR count). The monoisotopic (exact) mass is 244 g/mol. The van der Waals surface area contributed by atoms with Gasteiger partial charge < -0.3 is 14.2 Å². The van der Waals surface area contributed by atoms with E-state index < -0.39 is 0 Å². The third-order valence-corrected chi connectivity index (χ3v) is 3.37. The van der Waals surface area contributed by atoms with E-state index in [2.05, 4.69) is 13.8 Å². The van der Waals surface area contributed by atoms with Crippen molar-refractivity contribution in [2.45, 2.75) is 59.5 Å². The summed E-state index contributed by atoms with van der Waals surface area (Å²) in [4.78, 5) is 11.7. The highest BCUT2D eigenvalue weighted by Gasteiger charge is 2.40. The lowest BCUT2D eigenvalue weighted by atomic mass is 9.87. The van der Waals surface area contributed by atoms with Crippen molar-refractivity contribution in [1.82, 2.24) is 0 Å². The van der Waals surface area contributed by atoms with Gasteiger partial charge in [-0.2, -0.15) is 0 Å².